The molecule has 2 atom stereocenters. The average Bonchev–Trinajstić information content (AvgIpc) is 2.77. The van der Waals surface area contributed by atoms with E-state index in [4.69, 9.17) is 0 Å². The highest BCUT2D eigenvalue weighted by molar-refractivity contribution is 7.10. The van der Waals surface area contributed by atoms with Crippen molar-refractivity contribution in [2.75, 3.05) is 0 Å². The quantitative estimate of drug-likeness (QED) is 0.807. The molecule has 0 unspecified atom stereocenters. The van der Waals surface area contributed by atoms with Crippen LogP contribution in [0.15, 0.2) is 23.6 Å². The van der Waals surface area contributed by atoms with Gasteiger partial charge in [-0.25, -0.2) is 0 Å². The van der Waals surface area contributed by atoms with Crippen molar-refractivity contribution < 1.29 is 4.79 Å². The van der Waals surface area contributed by atoms with E-state index in [1.165, 1.54) is 10.4 Å². The second-order valence-electron chi connectivity index (χ2n) is 4.61. The van der Waals surface area contributed by atoms with Crippen molar-refractivity contribution in [3.05, 3.63) is 34.0 Å². The lowest BCUT2D eigenvalue weighted by Gasteiger charge is -2.43. The lowest BCUT2D eigenvalue weighted by molar-refractivity contribution is -0.116. The highest BCUT2D eigenvalue weighted by Crippen LogP contribution is 2.44. The first-order valence-electron chi connectivity index (χ1n) is 5.78. The van der Waals surface area contributed by atoms with Crippen molar-refractivity contribution in [1.29, 1.82) is 0 Å². The van der Waals surface area contributed by atoms with Crippen LogP contribution >= 0.6 is 11.3 Å². The number of nitrogens with one attached hydrogen (secondary N) is 1. The average molecular weight is 233 g/mol. The fourth-order valence-electron chi connectivity index (χ4n) is 2.94. The minimum atomic E-state index is 0.0651. The normalized spacial score (nSPS) is 32.3. The van der Waals surface area contributed by atoms with E-state index in [0.717, 1.165) is 13.0 Å². The number of hydrogen-bond donors (Lipinski definition) is 1. The van der Waals surface area contributed by atoms with Gasteiger partial charge in [0.15, 0.2) is 5.78 Å². The Morgan fingerprint density at radius 3 is 3.31 bits per heavy atom. The lowest BCUT2D eigenvalue weighted by Crippen LogP contribution is -2.52. The van der Waals surface area contributed by atoms with Gasteiger partial charge in [0.25, 0.3) is 0 Å². The third-order valence-electron chi connectivity index (χ3n) is 3.89. The molecule has 1 aliphatic heterocycles. The van der Waals surface area contributed by atoms with E-state index in [1.54, 1.807) is 6.08 Å². The number of hydrogen-bond acceptors (Lipinski definition) is 3. The standard InChI is InChI=1S/C13H15NOS/c1-2-13-5-3-10(15)7-11(13)14-8-9-4-6-16-12(9)13/h3-6,11,14H,2,7-8H2,1H3/t11-,13-/m0/s1. The zero-order valence-electron chi connectivity index (χ0n) is 9.32. The highest BCUT2D eigenvalue weighted by atomic mass is 32.1. The molecule has 0 saturated carbocycles. The minimum Gasteiger partial charge on any atom is -0.308 e. The van der Waals surface area contributed by atoms with E-state index >= 15 is 0 Å². The van der Waals surface area contributed by atoms with Crippen LogP contribution in [-0.4, -0.2) is 11.8 Å². The molecule has 0 radical (unpaired) electrons. The van der Waals surface area contributed by atoms with Crippen LogP contribution in [0, 0.1) is 0 Å². The predicted molar refractivity (Wildman–Crippen MR) is 65.7 cm³/mol. The molecule has 3 rings (SSSR count). The Morgan fingerprint density at radius 2 is 2.50 bits per heavy atom. The van der Waals surface area contributed by atoms with Gasteiger partial charge in [0.05, 0.1) is 0 Å². The fraction of sp³-hybridized carbons (Fsp3) is 0.462. The van der Waals surface area contributed by atoms with Crippen LogP contribution in [0.25, 0.3) is 0 Å². The van der Waals surface area contributed by atoms with Crippen LogP contribution < -0.4 is 5.32 Å². The smallest absolute Gasteiger partial charge is 0.157 e. The Bertz CT molecular complexity index is 462. The molecule has 84 valence electrons. The number of carbonyl (C=O) groups is 1. The molecular weight excluding hydrogens is 218 g/mol. The van der Waals surface area contributed by atoms with Gasteiger partial charge in [-0.05, 0) is 29.5 Å². The molecule has 1 aromatic heterocycles. The summed E-state index contributed by atoms with van der Waals surface area (Å²) in [6.45, 7) is 3.12. The summed E-state index contributed by atoms with van der Waals surface area (Å²) in [4.78, 5) is 13.0. The fourth-order valence-corrected chi connectivity index (χ4v) is 4.17. The van der Waals surface area contributed by atoms with Crippen molar-refractivity contribution >= 4 is 17.1 Å². The molecular formula is C13H15NOS. The summed E-state index contributed by atoms with van der Waals surface area (Å²) >= 11 is 1.83. The van der Waals surface area contributed by atoms with Gasteiger partial charge in [0.2, 0.25) is 0 Å². The van der Waals surface area contributed by atoms with Crippen molar-refractivity contribution in [3.8, 4) is 0 Å². The van der Waals surface area contributed by atoms with Gasteiger partial charge in [-0.1, -0.05) is 13.0 Å². The third-order valence-corrected chi connectivity index (χ3v) is 5.04. The van der Waals surface area contributed by atoms with Gasteiger partial charge in [-0.3, -0.25) is 4.79 Å². The molecule has 1 aliphatic carbocycles. The highest BCUT2D eigenvalue weighted by Gasteiger charge is 2.44. The van der Waals surface area contributed by atoms with E-state index in [1.807, 2.05) is 11.3 Å². The molecule has 1 N–H and O–H groups in total. The predicted octanol–water partition coefficient (Wildman–Crippen LogP) is 2.40. The van der Waals surface area contributed by atoms with E-state index in [-0.39, 0.29) is 11.2 Å². The molecule has 0 amide bonds. The maximum absolute atomic E-state index is 11.5. The summed E-state index contributed by atoms with van der Waals surface area (Å²) < 4.78 is 0. The molecule has 0 fully saturated rings. The van der Waals surface area contributed by atoms with Crippen molar-refractivity contribution in [1.82, 2.24) is 5.32 Å². The Balaban J connectivity index is 2.16. The van der Waals surface area contributed by atoms with E-state index in [2.05, 4.69) is 29.8 Å². The zero-order chi connectivity index (χ0) is 11.2. The van der Waals surface area contributed by atoms with Gasteiger partial charge in [-0.15, -0.1) is 11.3 Å². The molecule has 2 heterocycles. The second kappa shape index (κ2) is 3.54. The summed E-state index contributed by atoms with van der Waals surface area (Å²) in [5.41, 5.74) is 1.47. The first-order valence-corrected chi connectivity index (χ1v) is 6.66. The second-order valence-corrected chi connectivity index (χ2v) is 5.52. The van der Waals surface area contributed by atoms with Crippen molar-refractivity contribution in [2.45, 2.75) is 37.8 Å². The molecule has 0 spiro atoms. The van der Waals surface area contributed by atoms with Gasteiger partial charge in [0.1, 0.15) is 0 Å². The van der Waals surface area contributed by atoms with Gasteiger partial charge >= 0.3 is 0 Å². The Kier molecular flexibility index (Phi) is 2.26. The first kappa shape index (κ1) is 10.2. The molecule has 3 heteroatoms. The zero-order valence-corrected chi connectivity index (χ0v) is 10.1. The summed E-state index contributed by atoms with van der Waals surface area (Å²) in [7, 11) is 0. The minimum absolute atomic E-state index is 0.0651. The topological polar surface area (TPSA) is 29.1 Å². The van der Waals surface area contributed by atoms with E-state index in [0.29, 0.717) is 12.5 Å². The summed E-state index contributed by atoms with van der Waals surface area (Å²) in [6, 6.07) is 2.49. The summed E-state index contributed by atoms with van der Waals surface area (Å²) in [5.74, 6) is 0.251. The third kappa shape index (κ3) is 1.25. The molecule has 0 saturated heterocycles. The monoisotopic (exact) mass is 233 g/mol. The van der Waals surface area contributed by atoms with Crippen molar-refractivity contribution in [3.63, 3.8) is 0 Å². The van der Waals surface area contributed by atoms with Crippen LogP contribution in [0.3, 0.4) is 0 Å². The largest absolute Gasteiger partial charge is 0.308 e. The Hall–Kier alpha value is -0.930. The maximum Gasteiger partial charge on any atom is 0.157 e. The Labute approximate surface area is 99.4 Å². The van der Waals surface area contributed by atoms with Gasteiger partial charge in [-0.2, -0.15) is 0 Å². The van der Waals surface area contributed by atoms with E-state index in [9.17, 15) is 4.79 Å². The number of allylic oxidation sites excluding steroid dienone is 1. The molecule has 1 aromatic rings. The summed E-state index contributed by atoms with van der Waals surface area (Å²) in [5, 5.41) is 5.68. The summed E-state index contributed by atoms with van der Waals surface area (Å²) in [6.07, 6.45) is 5.60. The molecule has 16 heavy (non-hydrogen) atoms. The van der Waals surface area contributed by atoms with E-state index < -0.39 is 0 Å². The van der Waals surface area contributed by atoms with Crippen LogP contribution in [0.2, 0.25) is 0 Å². The molecule has 2 aliphatic rings. The van der Waals surface area contributed by atoms with Crippen LogP contribution in [-0.2, 0) is 16.8 Å². The van der Waals surface area contributed by atoms with Crippen LogP contribution in [0.5, 0.6) is 0 Å². The molecule has 2 nitrogen and oxygen atoms in total. The number of rotatable bonds is 1. The molecule has 0 bridgehead atoms. The number of fused-ring (bicyclic) bond motifs is 3. The van der Waals surface area contributed by atoms with Gasteiger partial charge in [0, 0.05) is 29.3 Å². The number of thiophene rings is 1. The molecule has 0 aromatic carbocycles. The van der Waals surface area contributed by atoms with Gasteiger partial charge < -0.3 is 5.32 Å². The first-order chi connectivity index (χ1) is 7.76. The van der Waals surface area contributed by atoms with Crippen LogP contribution in [0.1, 0.15) is 30.2 Å². The lowest BCUT2D eigenvalue weighted by atomic mass is 9.68. The number of carbonyl (C=O) groups excluding carboxylic acids is 1. The number of ketones is 1. The SMILES string of the molecule is CC[C@]12C=CC(=O)C[C@@H]1NCc1ccsc12. The van der Waals surface area contributed by atoms with Crippen molar-refractivity contribution in [2.24, 2.45) is 0 Å². The van der Waals surface area contributed by atoms with Crippen LogP contribution in [0.4, 0.5) is 0 Å². The Morgan fingerprint density at radius 1 is 1.62 bits per heavy atom. The maximum atomic E-state index is 11.5.